The molecule has 4 aromatic rings. The number of pyridine rings is 2. The number of nitrogens with zero attached hydrogens (tertiary/aromatic N) is 4. The van der Waals surface area contributed by atoms with Crippen LogP contribution in [-0.2, 0) is 6.54 Å². The summed E-state index contributed by atoms with van der Waals surface area (Å²) in [4.78, 5) is 11.0. The second kappa shape index (κ2) is 8.80. The molecule has 4 heterocycles. The first kappa shape index (κ1) is 20.2. The van der Waals surface area contributed by atoms with Crippen molar-refractivity contribution in [3.8, 4) is 11.4 Å². The topological polar surface area (TPSA) is 55.2 Å². The van der Waals surface area contributed by atoms with E-state index in [4.69, 9.17) is 17.0 Å². The zero-order valence-corrected chi connectivity index (χ0v) is 18.4. The van der Waals surface area contributed by atoms with Crippen LogP contribution in [0.1, 0.15) is 29.0 Å². The van der Waals surface area contributed by atoms with Gasteiger partial charge in [0.15, 0.2) is 5.11 Å². The summed E-state index contributed by atoms with van der Waals surface area (Å²) in [6, 6.07) is 22.2. The second-order valence-electron chi connectivity index (χ2n) is 7.61. The van der Waals surface area contributed by atoms with Gasteiger partial charge in [-0.25, -0.2) is 0 Å². The summed E-state index contributed by atoms with van der Waals surface area (Å²) in [6.07, 6.45) is 7.52. The fraction of sp³-hybridized carbons (Fsp3) is 0.160. The fourth-order valence-corrected chi connectivity index (χ4v) is 4.50. The van der Waals surface area contributed by atoms with E-state index in [9.17, 15) is 0 Å². The molecule has 0 unspecified atom stereocenters. The number of rotatable bonds is 6. The molecular formula is C25H23N5OS. The van der Waals surface area contributed by atoms with Gasteiger partial charge in [0.25, 0.3) is 0 Å². The van der Waals surface area contributed by atoms with E-state index in [2.05, 4.69) is 55.2 Å². The fourth-order valence-electron chi connectivity index (χ4n) is 4.20. The van der Waals surface area contributed by atoms with Gasteiger partial charge in [-0.05, 0) is 66.3 Å². The minimum atomic E-state index is -0.0718. The molecule has 1 N–H and O–H groups in total. The zero-order valence-electron chi connectivity index (χ0n) is 17.6. The molecule has 7 heteroatoms. The smallest absolute Gasteiger partial charge is 0.170 e. The first-order valence-corrected chi connectivity index (χ1v) is 10.8. The minimum absolute atomic E-state index is 0.0392. The Morgan fingerprint density at radius 1 is 0.969 bits per heavy atom. The van der Waals surface area contributed by atoms with Crippen LogP contribution in [0.15, 0.2) is 91.5 Å². The van der Waals surface area contributed by atoms with Crippen molar-refractivity contribution >= 4 is 17.3 Å². The Kier molecular flexibility index (Phi) is 5.56. The van der Waals surface area contributed by atoms with E-state index in [1.807, 2.05) is 61.1 Å². The van der Waals surface area contributed by atoms with Crippen LogP contribution in [0, 0.1) is 0 Å². The summed E-state index contributed by atoms with van der Waals surface area (Å²) >= 11 is 5.82. The Hall–Kier alpha value is -3.71. The third-order valence-corrected chi connectivity index (χ3v) is 6.09. The number of benzene rings is 1. The van der Waals surface area contributed by atoms with Gasteiger partial charge in [0.2, 0.25) is 0 Å². The first-order chi connectivity index (χ1) is 15.7. The molecule has 32 heavy (non-hydrogen) atoms. The summed E-state index contributed by atoms with van der Waals surface area (Å²) in [7, 11) is 1.68. The molecule has 0 spiro atoms. The maximum absolute atomic E-state index is 5.82. The third-order valence-electron chi connectivity index (χ3n) is 5.73. The molecule has 0 radical (unpaired) electrons. The van der Waals surface area contributed by atoms with Crippen molar-refractivity contribution in [2.24, 2.45) is 0 Å². The molecule has 0 bridgehead atoms. The van der Waals surface area contributed by atoms with E-state index in [1.165, 1.54) is 0 Å². The average molecular weight is 442 g/mol. The summed E-state index contributed by atoms with van der Waals surface area (Å²) in [6.45, 7) is 0.672. The van der Waals surface area contributed by atoms with Crippen LogP contribution in [0.25, 0.3) is 5.69 Å². The van der Waals surface area contributed by atoms with Crippen molar-refractivity contribution in [3.05, 3.63) is 108 Å². The maximum atomic E-state index is 5.82. The molecule has 160 valence electrons. The number of nitrogens with one attached hydrogen (secondary N) is 1. The number of hydrogen-bond acceptors (Lipinski definition) is 4. The summed E-state index contributed by atoms with van der Waals surface area (Å²) in [5.74, 6) is 0.838. The lowest BCUT2D eigenvalue weighted by molar-refractivity contribution is 0.302. The lowest BCUT2D eigenvalue weighted by Crippen LogP contribution is -2.30. The SMILES string of the molecule is COc1ccc(CN2C(=S)N[C@H](c3ccccn3)[C@@H]2c2cccn2-c2ccncc2)cc1. The number of thiocarbonyl (C=S) groups is 1. The van der Waals surface area contributed by atoms with Crippen molar-refractivity contribution in [1.82, 2.24) is 24.8 Å². The van der Waals surface area contributed by atoms with Crippen molar-refractivity contribution in [1.29, 1.82) is 0 Å². The number of aromatic nitrogens is 3. The zero-order chi connectivity index (χ0) is 21.9. The molecule has 1 aromatic carbocycles. The van der Waals surface area contributed by atoms with Gasteiger partial charge in [-0.15, -0.1) is 0 Å². The monoisotopic (exact) mass is 441 g/mol. The molecular weight excluding hydrogens is 418 g/mol. The second-order valence-corrected chi connectivity index (χ2v) is 8.00. The molecule has 0 aliphatic carbocycles. The molecule has 3 aromatic heterocycles. The van der Waals surface area contributed by atoms with Crippen LogP contribution in [0.4, 0.5) is 0 Å². The molecule has 2 atom stereocenters. The third kappa shape index (κ3) is 3.83. The molecule has 1 fully saturated rings. The van der Waals surface area contributed by atoms with Gasteiger partial charge in [0.05, 0.1) is 24.9 Å². The van der Waals surface area contributed by atoms with Gasteiger partial charge < -0.3 is 19.5 Å². The molecule has 1 saturated heterocycles. The molecule has 0 saturated carbocycles. The lowest BCUT2D eigenvalue weighted by atomic mass is 10.0. The van der Waals surface area contributed by atoms with Crippen LogP contribution >= 0.6 is 12.2 Å². The van der Waals surface area contributed by atoms with E-state index in [1.54, 1.807) is 7.11 Å². The summed E-state index contributed by atoms with van der Waals surface area (Å²) in [5, 5.41) is 4.24. The van der Waals surface area contributed by atoms with E-state index in [0.29, 0.717) is 11.7 Å². The molecule has 6 nitrogen and oxygen atoms in total. The van der Waals surface area contributed by atoms with Gasteiger partial charge in [0, 0.05) is 42.7 Å². The molecule has 5 rings (SSSR count). The maximum Gasteiger partial charge on any atom is 0.170 e. The van der Waals surface area contributed by atoms with Crippen LogP contribution in [0.2, 0.25) is 0 Å². The minimum Gasteiger partial charge on any atom is -0.497 e. The highest BCUT2D eigenvalue weighted by Crippen LogP contribution is 2.40. The van der Waals surface area contributed by atoms with E-state index < -0.39 is 0 Å². The van der Waals surface area contributed by atoms with Gasteiger partial charge >= 0.3 is 0 Å². The Labute approximate surface area is 192 Å². The number of methoxy groups -OCH3 is 1. The summed E-state index contributed by atoms with van der Waals surface area (Å²) < 4.78 is 7.50. The van der Waals surface area contributed by atoms with E-state index >= 15 is 0 Å². The van der Waals surface area contributed by atoms with Gasteiger partial charge in [-0.3, -0.25) is 9.97 Å². The largest absolute Gasteiger partial charge is 0.497 e. The van der Waals surface area contributed by atoms with Gasteiger partial charge in [-0.2, -0.15) is 0 Å². The van der Waals surface area contributed by atoms with Crippen LogP contribution in [-0.4, -0.2) is 31.7 Å². The summed E-state index contributed by atoms with van der Waals surface area (Å²) in [5.41, 5.74) is 4.30. The number of hydrogen-bond donors (Lipinski definition) is 1. The van der Waals surface area contributed by atoms with E-state index in [-0.39, 0.29) is 12.1 Å². The first-order valence-electron chi connectivity index (χ1n) is 10.4. The highest BCUT2D eigenvalue weighted by molar-refractivity contribution is 7.80. The van der Waals surface area contributed by atoms with E-state index in [0.717, 1.165) is 28.4 Å². The van der Waals surface area contributed by atoms with Gasteiger partial charge in [0.1, 0.15) is 5.75 Å². The van der Waals surface area contributed by atoms with Crippen molar-refractivity contribution < 1.29 is 4.74 Å². The highest BCUT2D eigenvalue weighted by atomic mass is 32.1. The standard InChI is InChI=1S/C25H23N5OS/c1-31-20-9-7-18(8-10-20)17-30-24(23(28-25(30)32)21-5-2-3-13-27-21)22-6-4-16-29(22)19-11-14-26-15-12-19/h2-16,23-24H,17H2,1H3,(H,28,32)/t23-,24+/m1/s1. The van der Waals surface area contributed by atoms with Crippen LogP contribution in [0.3, 0.4) is 0 Å². The predicted molar refractivity (Wildman–Crippen MR) is 128 cm³/mol. The van der Waals surface area contributed by atoms with Gasteiger partial charge in [-0.1, -0.05) is 18.2 Å². The highest BCUT2D eigenvalue weighted by Gasteiger charge is 2.41. The average Bonchev–Trinajstić information content (AvgIpc) is 3.45. The Bertz CT molecular complexity index is 1190. The van der Waals surface area contributed by atoms with Crippen molar-refractivity contribution in [2.75, 3.05) is 7.11 Å². The number of ether oxygens (including phenoxy) is 1. The van der Waals surface area contributed by atoms with Crippen molar-refractivity contribution in [3.63, 3.8) is 0 Å². The Balaban J connectivity index is 1.57. The van der Waals surface area contributed by atoms with Crippen LogP contribution in [0.5, 0.6) is 5.75 Å². The molecule has 0 amide bonds. The van der Waals surface area contributed by atoms with Crippen molar-refractivity contribution in [2.45, 2.75) is 18.6 Å². The van der Waals surface area contributed by atoms with Crippen LogP contribution < -0.4 is 10.1 Å². The molecule has 1 aliphatic heterocycles. The Morgan fingerprint density at radius 2 is 1.78 bits per heavy atom. The predicted octanol–water partition coefficient (Wildman–Crippen LogP) is 4.45. The Morgan fingerprint density at radius 3 is 2.50 bits per heavy atom. The normalized spacial score (nSPS) is 17.9. The molecule has 1 aliphatic rings. The lowest BCUT2D eigenvalue weighted by Gasteiger charge is -2.29. The quantitative estimate of drug-likeness (QED) is 0.446.